The van der Waals surface area contributed by atoms with E-state index >= 15 is 0 Å². The fourth-order valence-electron chi connectivity index (χ4n) is 1.74. The minimum Gasteiger partial charge on any atom is -0.338 e. The van der Waals surface area contributed by atoms with Crippen LogP contribution in [0.3, 0.4) is 0 Å². The Kier molecular flexibility index (Phi) is 3.72. The van der Waals surface area contributed by atoms with E-state index in [0.717, 1.165) is 5.69 Å². The van der Waals surface area contributed by atoms with Gasteiger partial charge in [-0.1, -0.05) is 23.4 Å². The van der Waals surface area contributed by atoms with E-state index in [0.29, 0.717) is 18.8 Å². The Morgan fingerprint density at radius 1 is 1.22 bits per heavy atom. The minimum absolute atomic E-state index is 0.0813. The number of hydrogen-bond donors (Lipinski definition) is 0. The van der Waals surface area contributed by atoms with Crippen molar-refractivity contribution in [3.63, 3.8) is 0 Å². The lowest BCUT2D eigenvalue weighted by atomic mass is 10.3. The first kappa shape index (κ1) is 12.3. The van der Waals surface area contributed by atoms with Gasteiger partial charge in [0.05, 0.1) is 11.9 Å². The molecule has 0 aliphatic heterocycles. The van der Waals surface area contributed by atoms with Crippen molar-refractivity contribution in [1.29, 1.82) is 0 Å². The fourth-order valence-corrected chi connectivity index (χ4v) is 1.74. The monoisotopic (exact) mass is 244 g/mol. The van der Waals surface area contributed by atoms with Crippen molar-refractivity contribution in [2.45, 2.75) is 13.8 Å². The van der Waals surface area contributed by atoms with Crippen LogP contribution in [0.25, 0.3) is 5.69 Å². The van der Waals surface area contributed by atoms with Gasteiger partial charge in [0.1, 0.15) is 0 Å². The Balaban J connectivity index is 2.23. The molecule has 1 heterocycles. The third kappa shape index (κ3) is 2.40. The molecule has 0 unspecified atom stereocenters. The van der Waals surface area contributed by atoms with Crippen LogP contribution in [-0.2, 0) is 0 Å². The highest BCUT2D eigenvalue weighted by Crippen LogP contribution is 2.07. The van der Waals surface area contributed by atoms with Gasteiger partial charge >= 0.3 is 0 Å². The van der Waals surface area contributed by atoms with Crippen LogP contribution in [0.4, 0.5) is 0 Å². The topological polar surface area (TPSA) is 51.0 Å². The molecule has 0 fully saturated rings. The van der Waals surface area contributed by atoms with Crippen LogP contribution in [0.2, 0.25) is 0 Å². The molecule has 0 spiro atoms. The lowest BCUT2D eigenvalue weighted by Gasteiger charge is -2.16. The van der Waals surface area contributed by atoms with Crippen LogP contribution in [0.15, 0.2) is 36.5 Å². The number of carbonyl (C=O) groups is 1. The summed E-state index contributed by atoms with van der Waals surface area (Å²) in [5.74, 6) is -0.0813. The smallest absolute Gasteiger partial charge is 0.276 e. The number of amides is 1. The Morgan fingerprint density at radius 2 is 1.89 bits per heavy atom. The normalized spacial score (nSPS) is 10.3. The van der Waals surface area contributed by atoms with E-state index in [9.17, 15) is 4.79 Å². The molecule has 0 aliphatic carbocycles. The second-order valence-corrected chi connectivity index (χ2v) is 3.86. The van der Waals surface area contributed by atoms with Crippen LogP contribution >= 0.6 is 0 Å². The van der Waals surface area contributed by atoms with E-state index in [1.807, 2.05) is 44.2 Å². The van der Waals surface area contributed by atoms with Crippen molar-refractivity contribution in [2.24, 2.45) is 0 Å². The molecular weight excluding hydrogens is 228 g/mol. The number of rotatable bonds is 4. The summed E-state index contributed by atoms with van der Waals surface area (Å²) in [5, 5.41) is 7.91. The molecule has 0 bridgehead atoms. The summed E-state index contributed by atoms with van der Waals surface area (Å²) >= 11 is 0. The molecule has 5 nitrogen and oxygen atoms in total. The first-order chi connectivity index (χ1) is 8.76. The van der Waals surface area contributed by atoms with Gasteiger partial charge in [-0.2, -0.15) is 0 Å². The van der Waals surface area contributed by atoms with Crippen LogP contribution in [0, 0.1) is 0 Å². The van der Waals surface area contributed by atoms with Gasteiger partial charge in [0.2, 0.25) is 0 Å². The van der Waals surface area contributed by atoms with E-state index in [-0.39, 0.29) is 5.91 Å². The molecule has 94 valence electrons. The molecule has 18 heavy (non-hydrogen) atoms. The number of carbonyl (C=O) groups excluding carboxylic acids is 1. The van der Waals surface area contributed by atoms with Gasteiger partial charge in [0.25, 0.3) is 5.91 Å². The van der Waals surface area contributed by atoms with Crippen molar-refractivity contribution >= 4 is 5.91 Å². The Hall–Kier alpha value is -2.17. The highest BCUT2D eigenvalue weighted by Gasteiger charge is 2.16. The van der Waals surface area contributed by atoms with E-state index in [4.69, 9.17) is 0 Å². The van der Waals surface area contributed by atoms with Gasteiger partial charge in [-0.15, -0.1) is 5.10 Å². The van der Waals surface area contributed by atoms with Crippen molar-refractivity contribution in [3.05, 3.63) is 42.2 Å². The summed E-state index contributed by atoms with van der Waals surface area (Å²) in [7, 11) is 0. The van der Waals surface area contributed by atoms with Gasteiger partial charge < -0.3 is 4.90 Å². The van der Waals surface area contributed by atoms with E-state index < -0.39 is 0 Å². The lowest BCUT2D eigenvalue weighted by Crippen LogP contribution is -2.30. The number of para-hydroxylation sites is 1. The number of aromatic nitrogens is 3. The molecular formula is C13H16N4O. The highest BCUT2D eigenvalue weighted by atomic mass is 16.2. The largest absolute Gasteiger partial charge is 0.338 e. The quantitative estimate of drug-likeness (QED) is 0.823. The van der Waals surface area contributed by atoms with Crippen molar-refractivity contribution in [1.82, 2.24) is 19.9 Å². The van der Waals surface area contributed by atoms with E-state index in [2.05, 4.69) is 10.3 Å². The Bertz CT molecular complexity index is 517. The molecule has 0 saturated heterocycles. The summed E-state index contributed by atoms with van der Waals surface area (Å²) in [5.41, 5.74) is 1.27. The first-order valence-electron chi connectivity index (χ1n) is 6.03. The van der Waals surface area contributed by atoms with Gasteiger partial charge in [-0.25, -0.2) is 4.68 Å². The first-order valence-corrected chi connectivity index (χ1v) is 6.03. The molecule has 5 heteroatoms. The fraction of sp³-hybridized carbons (Fsp3) is 0.308. The molecule has 1 aromatic heterocycles. The zero-order valence-corrected chi connectivity index (χ0v) is 10.6. The minimum atomic E-state index is -0.0813. The van der Waals surface area contributed by atoms with Crippen LogP contribution < -0.4 is 0 Å². The predicted octanol–water partition coefficient (Wildman–Crippen LogP) is 1.75. The maximum atomic E-state index is 12.1. The molecule has 1 aromatic carbocycles. The maximum absolute atomic E-state index is 12.1. The Morgan fingerprint density at radius 3 is 2.50 bits per heavy atom. The standard InChI is InChI=1S/C13H16N4O/c1-3-16(4-2)13(18)12-10-17(15-14-12)11-8-6-5-7-9-11/h5-10H,3-4H2,1-2H3. The van der Waals surface area contributed by atoms with Crippen molar-refractivity contribution < 1.29 is 4.79 Å². The third-order valence-corrected chi connectivity index (χ3v) is 2.78. The zero-order valence-electron chi connectivity index (χ0n) is 10.6. The summed E-state index contributed by atoms with van der Waals surface area (Å²) in [6.45, 7) is 5.24. The zero-order chi connectivity index (χ0) is 13.0. The summed E-state index contributed by atoms with van der Waals surface area (Å²) in [4.78, 5) is 13.8. The summed E-state index contributed by atoms with van der Waals surface area (Å²) in [6, 6.07) is 9.61. The highest BCUT2D eigenvalue weighted by molar-refractivity contribution is 5.91. The molecule has 2 rings (SSSR count). The maximum Gasteiger partial charge on any atom is 0.276 e. The van der Waals surface area contributed by atoms with Crippen LogP contribution in [0.1, 0.15) is 24.3 Å². The van der Waals surface area contributed by atoms with E-state index in [1.165, 1.54) is 0 Å². The second-order valence-electron chi connectivity index (χ2n) is 3.86. The molecule has 1 amide bonds. The Labute approximate surface area is 106 Å². The SMILES string of the molecule is CCN(CC)C(=O)c1cn(-c2ccccc2)nn1. The van der Waals surface area contributed by atoms with Gasteiger partial charge in [-0.3, -0.25) is 4.79 Å². The average molecular weight is 244 g/mol. The van der Waals surface area contributed by atoms with Gasteiger partial charge in [0, 0.05) is 13.1 Å². The third-order valence-electron chi connectivity index (χ3n) is 2.78. The molecule has 0 atom stereocenters. The second kappa shape index (κ2) is 5.44. The number of nitrogens with zero attached hydrogens (tertiary/aromatic N) is 4. The van der Waals surface area contributed by atoms with Crippen LogP contribution in [-0.4, -0.2) is 38.9 Å². The van der Waals surface area contributed by atoms with Gasteiger partial charge in [-0.05, 0) is 26.0 Å². The van der Waals surface area contributed by atoms with Crippen molar-refractivity contribution in [2.75, 3.05) is 13.1 Å². The van der Waals surface area contributed by atoms with Crippen molar-refractivity contribution in [3.8, 4) is 5.69 Å². The summed E-state index contributed by atoms with van der Waals surface area (Å²) < 4.78 is 1.61. The molecule has 2 aromatic rings. The molecule has 0 saturated carbocycles. The number of benzene rings is 1. The average Bonchev–Trinajstić information content (AvgIpc) is 2.90. The predicted molar refractivity (Wildman–Crippen MR) is 68.6 cm³/mol. The van der Waals surface area contributed by atoms with Crippen LogP contribution in [0.5, 0.6) is 0 Å². The number of hydrogen-bond acceptors (Lipinski definition) is 3. The molecule has 0 aliphatic rings. The summed E-state index contributed by atoms with van der Waals surface area (Å²) in [6.07, 6.45) is 1.66. The van der Waals surface area contributed by atoms with E-state index in [1.54, 1.807) is 15.8 Å². The van der Waals surface area contributed by atoms with Gasteiger partial charge in [0.15, 0.2) is 5.69 Å². The molecule has 0 radical (unpaired) electrons. The molecule has 0 N–H and O–H groups in total. The lowest BCUT2D eigenvalue weighted by molar-refractivity contribution is 0.0767.